The molecule has 1 aromatic carbocycles. The summed E-state index contributed by atoms with van der Waals surface area (Å²) in [6, 6.07) is 4.98. The van der Waals surface area contributed by atoms with Gasteiger partial charge in [0.2, 0.25) is 0 Å². The topological polar surface area (TPSA) is 85.0 Å². The third-order valence-electron chi connectivity index (χ3n) is 2.97. The summed E-state index contributed by atoms with van der Waals surface area (Å²) < 4.78 is 7.12. The van der Waals surface area contributed by atoms with E-state index in [9.17, 15) is 4.79 Å². The van der Waals surface area contributed by atoms with E-state index >= 15 is 0 Å². The van der Waals surface area contributed by atoms with Crippen LogP contribution in [0.1, 0.15) is 12.8 Å². The van der Waals surface area contributed by atoms with E-state index in [1.165, 1.54) is 0 Å². The van der Waals surface area contributed by atoms with Gasteiger partial charge in [-0.05, 0) is 25.1 Å². The van der Waals surface area contributed by atoms with Crippen LogP contribution in [0.3, 0.4) is 0 Å². The Morgan fingerprint density at radius 3 is 2.90 bits per heavy atom. The zero-order chi connectivity index (χ0) is 14.8. The van der Waals surface area contributed by atoms with Crippen LogP contribution in [-0.4, -0.2) is 20.8 Å². The lowest BCUT2D eigenvalue weighted by atomic mass is 10.3. The number of carbonyl (C=O) groups is 1. The van der Waals surface area contributed by atoms with Crippen molar-refractivity contribution in [3.05, 3.63) is 36.5 Å². The minimum atomic E-state index is -0.329. The molecule has 21 heavy (non-hydrogen) atoms. The van der Waals surface area contributed by atoms with Gasteiger partial charge in [-0.25, -0.2) is 9.78 Å². The summed E-state index contributed by atoms with van der Waals surface area (Å²) in [4.78, 5) is 16.1. The van der Waals surface area contributed by atoms with E-state index in [4.69, 9.17) is 4.42 Å². The Bertz CT molecular complexity index is 790. The Kier molecular flexibility index (Phi) is 3.31. The summed E-state index contributed by atoms with van der Waals surface area (Å²) in [5.74, 6) is 0.596. The summed E-state index contributed by atoms with van der Waals surface area (Å²) >= 11 is 0. The van der Waals surface area contributed by atoms with Gasteiger partial charge in [0, 0.05) is 25.4 Å². The highest BCUT2D eigenvalue weighted by molar-refractivity contribution is 6.00. The Morgan fingerprint density at radius 1 is 1.33 bits per heavy atom. The second-order valence-corrected chi connectivity index (χ2v) is 4.58. The predicted molar refractivity (Wildman–Crippen MR) is 79.3 cm³/mol. The van der Waals surface area contributed by atoms with Gasteiger partial charge in [-0.1, -0.05) is 0 Å². The third kappa shape index (κ3) is 2.86. The van der Waals surface area contributed by atoms with Crippen LogP contribution in [0.15, 0.2) is 35.0 Å². The molecule has 0 radical (unpaired) electrons. The molecule has 108 valence electrons. The molecule has 0 saturated heterocycles. The number of hydrogen-bond acceptors (Lipinski definition) is 4. The van der Waals surface area contributed by atoms with Crippen molar-refractivity contribution in [3.63, 3.8) is 0 Å². The lowest BCUT2D eigenvalue weighted by Gasteiger charge is -2.05. The van der Waals surface area contributed by atoms with Crippen molar-refractivity contribution >= 4 is 28.5 Å². The quantitative estimate of drug-likeness (QED) is 0.774. The van der Waals surface area contributed by atoms with E-state index in [-0.39, 0.29) is 6.03 Å². The van der Waals surface area contributed by atoms with Gasteiger partial charge in [-0.2, -0.15) is 5.10 Å². The monoisotopic (exact) mass is 285 g/mol. The zero-order valence-electron chi connectivity index (χ0n) is 11.8. The normalized spacial score (nSPS) is 10.8. The molecule has 0 aliphatic carbocycles. The molecule has 0 saturated carbocycles. The molecule has 7 heteroatoms. The van der Waals surface area contributed by atoms with Crippen molar-refractivity contribution < 1.29 is 9.21 Å². The molecule has 0 aliphatic heterocycles. The minimum Gasteiger partial charge on any atom is -0.441 e. The molecular formula is C14H15N5O2. The van der Waals surface area contributed by atoms with Gasteiger partial charge >= 0.3 is 6.03 Å². The Morgan fingerprint density at radius 2 is 2.14 bits per heavy atom. The Balaban J connectivity index is 1.70. The summed E-state index contributed by atoms with van der Waals surface area (Å²) in [5.41, 5.74) is 2.70. The van der Waals surface area contributed by atoms with Crippen LogP contribution < -0.4 is 10.6 Å². The van der Waals surface area contributed by atoms with Gasteiger partial charge in [0.1, 0.15) is 5.52 Å². The number of rotatable bonds is 3. The number of hydrogen-bond donors (Lipinski definition) is 2. The minimum absolute atomic E-state index is 0.329. The fourth-order valence-corrected chi connectivity index (χ4v) is 2.01. The third-order valence-corrected chi connectivity index (χ3v) is 2.97. The summed E-state index contributed by atoms with van der Waals surface area (Å²) in [7, 11) is 0. The molecule has 0 unspecified atom stereocenters. The second kappa shape index (κ2) is 5.28. The largest absolute Gasteiger partial charge is 0.441 e. The van der Waals surface area contributed by atoms with Crippen molar-refractivity contribution in [1.82, 2.24) is 14.8 Å². The lowest BCUT2D eigenvalue weighted by molar-refractivity contribution is 0.262. The molecule has 2 heterocycles. The van der Waals surface area contributed by atoms with Crippen LogP contribution in [0.25, 0.3) is 11.1 Å². The standard InChI is InChI=1S/C14H15N5O2/c1-3-19-8-11(7-15-19)18-14(20)17-10-4-5-13-12(6-10)16-9(2)21-13/h4-8H,3H2,1-2H3,(H2,17,18,20). The summed E-state index contributed by atoms with van der Waals surface area (Å²) in [6.45, 7) is 4.52. The van der Waals surface area contributed by atoms with Gasteiger partial charge in [0.25, 0.3) is 0 Å². The smallest absolute Gasteiger partial charge is 0.323 e. The second-order valence-electron chi connectivity index (χ2n) is 4.58. The Labute approximate surface area is 121 Å². The molecule has 7 nitrogen and oxygen atoms in total. The first-order chi connectivity index (χ1) is 10.1. The first-order valence-corrected chi connectivity index (χ1v) is 6.61. The number of fused-ring (bicyclic) bond motifs is 1. The number of oxazole rings is 1. The average Bonchev–Trinajstić information content (AvgIpc) is 3.03. The molecule has 2 amide bonds. The van der Waals surface area contributed by atoms with Gasteiger partial charge < -0.3 is 15.1 Å². The van der Waals surface area contributed by atoms with Crippen LogP contribution in [0.5, 0.6) is 0 Å². The highest BCUT2D eigenvalue weighted by atomic mass is 16.3. The molecule has 0 aliphatic rings. The summed E-state index contributed by atoms with van der Waals surface area (Å²) in [6.07, 6.45) is 3.37. The molecule has 3 rings (SSSR count). The van der Waals surface area contributed by atoms with Gasteiger partial charge in [-0.15, -0.1) is 0 Å². The first kappa shape index (κ1) is 13.2. The molecule has 3 aromatic rings. The fourth-order valence-electron chi connectivity index (χ4n) is 2.01. The lowest BCUT2D eigenvalue weighted by Crippen LogP contribution is -2.19. The number of amides is 2. The maximum atomic E-state index is 11.9. The van der Waals surface area contributed by atoms with Gasteiger partial charge in [0.15, 0.2) is 11.5 Å². The number of anilines is 2. The SMILES string of the molecule is CCn1cc(NC(=O)Nc2ccc3oc(C)nc3c2)cn1. The fraction of sp³-hybridized carbons (Fsp3) is 0.214. The maximum absolute atomic E-state index is 11.9. The van der Waals surface area contributed by atoms with Crippen molar-refractivity contribution in [3.8, 4) is 0 Å². The molecule has 0 spiro atoms. The number of aryl methyl sites for hydroxylation is 2. The van der Waals surface area contributed by atoms with E-state index in [0.717, 1.165) is 6.54 Å². The van der Waals surface area contributed by atoms with E-state index in [2.05, 4.69) is 20.7 Å². The molecule has 0 atom stereocenters. The van der Waals surface area contributed by atoms with Crippen LogP contribution in [0.2, 0.25) is 0 Å². The van der Waals surface area contributed by atoms with Crippen LogP contribution >= 0.6 is 0 Å². The van der Waals surface area contributed by atoms with Crippen molar-refractivity contribution in [2.45, 2.75) is 20.4 Å². The first-order valence-electron chi connectivity index (χ1n) is 6.61. The molecule has 0 bridgehead atoms. The Hall–Kier alpha value is -2.83. The van der Waals surface area contributed by atoms with Crippen molar-refractivity contribution in [2.24, 2.45) is 0 Å². The highest BCUT2D eigenvalue weighted by Crippen LogP contribution is 2.19. The highest BCUT2D eigenvalue weighted by Gasteiger charge is 2.07. The summed E-state index contributed by atoms with van der Waals surface area (Å²) in [5, 5.41) is 9.56. The predicted octanol–water partition coefficient (Wildman–Crippen LogP) is 3.00. The number of benzene rings is 1. The van der Waals surface area contributed by atoms with E-state index in [1.54, 1.807) is 42.2 Å². The van der Waals surface area contributed by atoms with E-state index < -0.39 is 0 Å². The van der Waals surface area contributed by atoms with Crippen molar-refractivity contribution in [2.75, 3.05) is 10.6 Å². The average molecular weight is 285 g/mol. The number of nitrogens with one attached hydrogen (secondary N) is 2. The van der Waals surface area contributed by atoms with Crippen LogP contribution in [0, 0.1) is 6.92 Å². The maximum Gasteiger partial charge on any atom is 0.323 e. The van der Waals surface area contributed by atoms with Crippen molar-refractivity contribution in [1.29, 1.82) is 0 Å². The molecule has 0 fully saturated rings. The zero-order valence-corrected chi connectivity index (χ0v) is 11.8. The number of carbonyl (C=O) groups excluding carboxylic acids is 1. The van der Waals surface area contributed by atoms with Crippen LogP contribution in [-0.2, 0) is 6.54 Å². The molecule has 2 aromatic heterocycles. The number of nitrogens with zero attached hydrogens (tertiary/aromatic N) is 3. The molecule has 2 N–H and O–H groups in total. The van der Waals surface area contributed by atoms with Gasteiger partial charge in [-0.3, -0.25) is 4.68 Å². The number of aromatic nitrogens is 3. The number of urea groups is 1. The van der Waals surface area contributed by atoms with Gasteiger partial charge in [0.05, 0.1) is 11.9 Å². The molecular weight excluding hydrogens is 270 g/mol. The van der Waals surface area contributed by atoms with E-state index in [1.807, 2.05) is 6.92 Å². The van der Waals surface area contributed by atoms with Crippen LogP contribution in [0.4, 0.5) is 16.2 Å². The van der Waals surface area contributed by atoms with E-state index in [0.29, 0.717) is 28.4 Å².